The fourth-order valence-corrected chi connectivity index (χ4v) is 1.36. The minimum Gasteiger partial charge on any atom is -0.301 e. The van der Waals surface area contributed by atoms with Crippen molar-refractivity contribution in [1.29, 1.82) is 0 Å². The molecule has 0 amide bonds. The Labute approximate surface area is 91.6 Å². The average Bonchev–Trinajstić information content (AvgIpc) is 2.20. The van der Waals surface area contributed by atoms with E-state index in [1.165, 1.54) is 11.8 Å². The van der Waals surface area contributed by atoms with Crippen molar-refractivity contribution in [3.05, 3.63) is 28.2 Å². The number of nitrogens with zero attached hydrogens (tertiary/aromatic N) is 1. The third-order valence-electron chi connectivity index (χ3n) is 1.57. The van der Waals surface area contributed by atoms with Gasteiger partial charge in [0.05, 0.1) is 5.56 Å². The molecule has 0 aliphatic rings. The third kappa shape index (κ3) is 3.20. The first kappa shape index (κ1) is 11.3. The van der Waals surface area contributed by atoms with E-state index in [0.717, 1.165) is 6.42 Å². The van der Waals surface area contributed by atoms with E-state index in [1.807, 2.05) is 12.3 Å². The molecule has 1 rings (SSSR count). The lowest BCUT2D eigenvalue weighted by Crippen LogP contribution is -2.10. The Hall–Kier alpha value is -0.740. The van der Waals surface area contributed by atoms with E-state index < -0.39 is 0 Å². The van der Waals surface area contributed by atoms with Crippen molar-refractivity contribution in [2.45, 2.75) is 11.6 Å². The number of thioether (sulfide) groups is 1. The smallest absolute Gasteiger partial charge is 0.258 e. The van der Waals surface area contributed by atoms with Crippen molar-refractivity contribution in [2.24, 2.45) is 0 Å². The highest BCUT2D eigenvalue weighted by atomic mass is 35.5. The van der Waals surface area contributed by atoms with Crippen LogP contribution in [0.1, 0.15) is 12.0 Å². The molecule has 1 heterocycles. The molecule has 1 aromatic heterocycles. The van der Waals surface area contributed by atoms with Gasteiger partial charge in [0.1, 0.15) is 0 Å². The van der Waals surface area contributed by atoms with E-state index in [4.69, 9.17) is 11.6 Å². The Kier molecular flexibility index (Phi) is 4.76. The molecule has 76 valence electrons. The zero-order valence-electron chi connectivity index (χ0n) is 7.79. The largest absolute Gasteiger partial charge is 0.301 e. The molecular weight excluding hydrogens is 220 g/mol. The normalized spacial score (nSPS) is 11.0. The molecule has 1 aromatic rings. The lowest BCUT2D eigenvalue weighted by Gasteiger charge is -1.95. The standard InChI is InChI=1S/C9H11ClN2OS/c1-14-9-11-6-7(8(13)12-9)4-2-3-5-10/h2,4,6H,3,5H2,1H3,(H,11,12,13). The van der Waals surface area contributed by atoms with Gasteiger partial charge in [0.25, 0.3) is 5.56 Å². The van der Waals surface area contributed by atoms with Gasteiger partial charge in [0.2, 0.25) is 0 Å². The second-order valence-electron chi connectivity index (χ2n) is 2.56. The van der Waals surface area contributed by atoms with Crippen LogP contribution in [0.15, 0.2) is 22.2 Å². The van der Waals surface area contributed by atoms with Gasteiger partial charge in [-0.05, 0) is 12.7 Å². The van der Waals surface area contributed by atoms with Crippen LogP contribution < -0.4 is 5.56 Å². The van der Waals surface area contributed by atoms with Crippen molar-refractivity contribution in [3.8, 4) is 0 Å². The van der Waals surface area contributed by atoms with Gasteiger partial charge in [-0.2, -0.15) is 0 Å². The van der Waals surface area contributed by atoms with E-state index in [9.17, 15) is 4.79 Å². The Balaban J connectivity index is 2.84. The fraction of sp³-hybridized carbons (Fsp3) is 0.333. The minimum atomic E-state index is -0.116. The van der Waals surface area contributed by atoms with E-state index in [1.54, 1.807) is 12.3 Å². The van der Waals surface area contributed by atoms with Crippen LogP contribution in [0.25, 0.3) is 6.08 Å². The summed E-state index contributed by atoms with van der Waals surface area (Å²) in [6, 6.07) is 0. The average molecular weight is 231 g/mol. The van der Waals surface area contributed by atoms with Crippen LogP contribution in [-0.2, 0) is 0 Å². The monoisotopic (exact) mass is 230 g/mol. The van der Waals surface area contributed by atoms with Crippen LogP contribution in [0.5, 0.6) is 0 Å². The number of halogens is 1. The predicted molar refractivity (Wildman–Crippen MR) is 61.0 cm³/mol. The highest BCUT2D eigenvalue weighted by Crippen LogP contribution is 2.04. The lowest BCUT2D eigenvalue weighted by molar-refractivity contribution is 0.934. The van der Waals surface area contributed by atoms with Gasteiger partial charge in [0, 0.05) is 12.1 Å². The van der Waals surface area contributed by atoms with Crippen LogP contribution in [0.2, 0.25) is 0 Å². The summed E-state index contributed by atoms with van der Waals surface area (Å²) >= 11 is 6.91. The quantitative estimate of drug-likeness (QED) is 0.490. The SMILES string of the molecule is CSc1ncc(C=CCCCl)c(=O)[nH]1. The molecule has 0 aliphatic carbocycles. The molecule has 0 atom stereocenters. The van der Waals surface area contributed by atoms with Gasteiger partial charge in [-0.25, -0.2) is 4.98 Å². The predicted octanol–water partition coefficient (Wildman–Crippen LogP) is 2.13. The molecule has 0 fully saturated rings. The number of nitrogens with one attached hydrogen (secondary N) is 1. The number of alkyl halides is 1. The van der Waals surface area contributed by atoms with Gasteiger partial charge in [-0.3, -0.25) is 4.79 Å². The summed E-state index contributed by atoms with van der Waals surface area (Å²) in [6.45, 7) is 0. The Morgan fingerprint density at radius 2 is 2.50 bits per heavy atom. The number of H-pyrrole nitrogens is 1. The minimum absolute atomic E-state index is 0.116. The van der Waals surface area contributed by atoms with E-state index in [0.29, 0.717) is 16.6 Å². The zero-order chi connectivity index (χ0) is 10.4. The maximum absolute atomic E-state index is 11.4. The highest BCUT2D eigenvalue weighted by molar-refractivity contribution is 7.98. The summed E-state index contributed by atoms with van der Waals surface area (Å²) in [7, 11) is 0. The van der Waals surface area contributed by atoms with Gasteiger partial charge in [-0.1, -0.05) is 23.9 Å². The van der Waals surface area contributed by atoms with Crippen molar-refractivity contribution >= 4 is 29.4 Å². The molecule has 0 saturated carbocycles. The Morgan fingerprint density at radius 1 is 1.71 bits per heavy atom. The molecule has 0 aliphatic heterocycles. The summed E-state index contributed by atoms with van der Waals surface area (Å²) in [5.41, 5.74) is 0.447. The molecule has 5 heteroatoms. The highest BCUT2D eigenvalue weighted by Gasteiger charge is 1.97. The fourth-order valence-electron chi connectivity index (χ4n) is 0.884. The number of aromatic nitrogens is 2. The summed E-state index contributed by atoms with van der Waals surface area (Å²) < 4.78 is 0. The first-order valence-electron chi connectivity index (χ1n) is 4.13. The van der Waals surface area contributed by atoms with Crippen LogP contribution in [0.3, 0.4) is 0 Å². The summed E-state index contributed by atoms with van der Waals surface area (Å²) in [6.07, 6.45) is 7.78. The molecule has 0 spiro atoms. The third-order valence-corrected chi connectivity index (χ3v) is 2.38. The first-order valence-corrected chi connectivity index (χ1v) is 5.89. The van der Waals surface area contributed by atoms with E-state index in [-0.39, 0.29) is 5.56 Å². The number of allylic oxidation sites excluding steroid dienone is 1. The maximum atomic E-state index is 11.4. The van der Waals surface area contributed by atoms with Crippen molar-refractivity contribution in [1.82, 2.24) is 9.97 Å². The lowest BCUT2D eigenvalue weighted by atomic mass is 10.3. The first-order chi connectivity index (χ1) is 6.77. The Bertz CT molecular complexity index is 375. The zero-order valence-corrected chi connectivity index (χ0v) is 9.36. The molecule has 1 N–H and O–H groups in total. The van der Waals surface area contributed by atoms with Gasteiger partial charge in [-0.15, -0.1) is 11.6 Å². The molecule has 0 bridgehead atoms. The summed E-state index contributed by atoms with van der Waals surface area (Å²) in [4.78, 5) is 18.1. The van der Waals surface area contributed by atoms with Crippen molar-refractivity contribution in [3.63, 3.8) is 0 Å². The van der Waals surface area contributed by atoms with Gasteiger partial charge >= 0.3 is 0 Å². The number of hydrogen-bond acceptors (Lipinski definition) is 3. The van der Waals surface area contributed by atoms with Crippen LogP contribution >= 0.6 is 23.4 Å². The summed E-state index contributed by atoms with van der Waals surface area (Å²) in [5, 5.41) is 0.629. The number of hydrogen-bond donors (Lipinski definition) is 1. The topological polar surface area (TPSA) is 45.8 Å². The van der Waals surface area contributed by atoms with Crippen LogP contribution in [0.4, 0.5) is 0 Å². The molecule has 14 heavy (non-hydrogen) atoms. The van der Waals surface area contributed by atoms with Gasteiger partial charge < -0.3 is 4.98 Å². The number of aromatic amines is 1. The van der Waals surface area contributed by atoms with Crippen LogP contribution in [-0.4, -0.2) is 22.1 Å². The molecule has 0 saturated heterocycles. The van der Waals surface area contributed by atoms with Gasteiger partial charge in [0.15, 0.2) is 5.16 Å². The summed E-state index contributed by atoms with van der Waals surface area (Å²) in [5.74, 6) is 0.560. The number of rotatable bonds is 4. The van der Waals surface area contributed by atoms with Crippen molar-refractivity contribution in [2.75, 3.05) is 12.1 Å². The van der Waals surface area contributed by atoms with Crippen molar-refractivity contribution < 1.29 is 0 Å². The molecule has 0 aromatic carbocycles. The molecule has 3 nitrogen and oxygen atoms in total. The molecule has 0 radical (unpaired) electrons. The second-order valence-corrected chi connectivity index (χ2v) is 3.73. The second kappa shape index (κ2) is 5.88. The molecule has 0 unspecified atom stereocenters. The maximum Gasteiger partial charge on any atom is 0.258 e. The van der Waals surface area contributed by atoms with E-state index >= 15 is 0 Å². The van der Waals surface area contributed by atoms with Crippen LogP contribution in [0, 0.1) is 0 Å². The van der Waals surface area contributed by atoms with E-state index in [2.05, 4.69) is 9.97 Å². The Morgan fingerprint density at radius 3 is 3.07 bits per heavy atom. The molecular formula is C9H11ClN2OS.